The molecule has 0 aromatic heterocycles. The molecule has 0 N–H and O–H groups in total. The second-order valence-electron chi connectivity index (χ2n) is 6.18. The summed E-state index contributed by atoms with van der Waals surface area (Å²) in [5.74, 6) is 1.73. The van der Waals surface area contributed by atoms with E-state index in [1.165, 1.54) is 37.8 Å². The second kappa shape index (κ2) is 5.33. The average molecular weight is 350 g/mol. The van der Waals surface area contributed by atoms with Gasteiger partial charge in [-0.3, -0.25) is 4.90 Å². The van der Waals surface area contributed by atoms with Gasteiger partial charge >= 0.3 is 0 Å². The molecule has 1 aromatic rings. The highest BCUT2D eigenvalue weighted by atomic mass is 79.9. The van der Waals surface area contributed by atoms with Crippen molar-refractivity contribution < 1.29 is 9.47 Å². The van der Waals surface area contributed by atoms with Gasteiger partial charge in [-0.15, -0.1) is 0 Å². The lowest BCUT2D eigenvalue weighted by Crippen LogP contribution is -2.41. The summed E-state index contributed by atoms with van der Waals surface area (Å²) in [5, 5.41) is 0. The van der Waals surface area contributed by atoms with Crippen LogP contribution in [0.15, 0.2) is 28.8 Å². The number of hydrogen-bond acceptors (Lipinski definition) is 3. The number of likely N-dealkylation sites (tertiary alicyclic amines) is 1. The Bertz CT molecular complexity index is 586. The predicted molar refractivity (Wildman–Crippen MR) is 85.9 cm³/mol. The molecule has 1 atom stereocenters. The topological polar surface area (TPSA) is 21.7 Å². The summed E-state index contributed by atoms with van der Waals surface area (Å²) >= 11 is 3.67. The Labute approximate surface area is 134 Å². The number of benzene rings is 1. The van der Waals surface area contributed by atoms with Crippen LogP contribution in [-0.2, 0) is 6.42 Å². The van der Waals surface area contributed by atoms with Crippen molar-refractivity contribution >= 4 is 15.9 Å². The maximum atomic E-state index is 5.49. The molecule has 1 unspecified atom stereocenters. The first-order chi connectivity index (χ1) is 10.3. The van der Waals surface area contributed by atoms with E-state index in [-0.39, 0.29) is 0 Å². The lowest BCUT2D eigenvalue weighted by atomic mass is 9.95. The Morgan fingerprint density at radius 2 is 2.05 bits per heavy atom. The zero-order valence-electron chi connectivity index (χ0n) is 12.1. The summed E-state index contributed by atoms with van der Waals surface area (Å²) in [7, 11) is 0. The zero-order valence-corrected chi connectivity index (χ0v) is 13.7. The Kier molecular flexibility index (Phi) is 3.46. The third-order valence-corrected chi connectivity index (χ3v) is 5.77. The van der Waals surface area contributed by atoms with Gasteiger partial charge in [-0.1, -0.05) is 28.1 Å². The Balaban J connectivity index is 1.48. The van der Waals surface area contributed by atoms with Gasteiger partial charge in [0.25, 0.3) is 0 Å². The van der Waals surface area contributed by atoms with Crippen molar-refractivity contribution in [1.29, 1.82) is 0 Å². The molecule has 0 saturated carbocycles. The molecular formula is C17H20BrNO2. The summed E-state index contributed by atoms with van der Waals surface area (Å²) in [6, 6.07) is 4.16. The SMILES string of the molecule is Brc1cc2c(cc1CCN1CCCC13C=CCC3)OCO2. The van der Waals surface area contributed by atoms with Gasteiger partial charge in [0, 0.05) is 16.6 Å². The highest BCUT2D eigenvalue weighted by Crippen LogP contribution is 2.40. The van der Waals surface area contributed by atoms with Gasteiger partial charge in [0.15, 0.2) is 11.5 Å². The van der Waals surface area contributed by atoms with E-state index in [9.17, 15) is 0 Å². The fourth-order valence-electron chi connectivity index (χ4n) is 3.89. The van der Waals surface area contributed by atoms with E-state index in [0.717, 1.165) is 28.9 Å². The van der Waals surface area contributed by atoms with E-state index >= 15 is 0 Å². The molecule has 1 spiro atoms. The molecule has 2 aliphatic heterocycles. The summed E-state index contributed by atoms with van der Waals surface area (Å²) in [6.45, 7) is 2.68. The number of rotatable bonds is 3. The van der Waals surface area contributed by atoms with Crippen molar-refractivity contribution in [2.75, 3.05) is 19.9 Å². The van der Waals surface area contributed by atoms with Crippen LogP contribution in [0, 0.1) is 0 Å². The molecular weight excluding hydrogens is 330 g/mol. The van der Waals surface area contributed by atoms with Gasteiger partial charge < -0.3 is 9.47 Å². The predicted octanol–water partition coefficient (Wildman–Crippen LogP) is 3.90. The molecule has 0 radical (unpaired) electrons. The minimum atomic E-state index is 0.339. The van der Waals surface area contributed by atoms with Gasteiger partial charge in [-0.05, 0) is 56.3 Å². The standard InChI is InChI=1S/C17H20BrNO2/c18-14-11-16-15(20-12-21-16)10-13(14)4-9-19-8-3-7-17(19)5-1-2-6-17/h1,5,10-11H,2-4,6-9,12H2. The van der Waals surface area contributed by atoms with Gasteiger partial charge in [0.1, 0.15) is 0 Å². The molecule has 4 rings (SSSR count). The third kappa shape index (κ3) is 2.38. The molecule has 1 fully saturated rings. The molecule has 1 saturated heterocycles. The normalized spacial score (nSPS) is 27.1. The average Bonchev–Trinajstić information content (AvgIpc) is 3.19. The molecule has 4 heteroatoms. The van der Waals surface area contributed by atoms with Crippen molar-refractivity contribution in [3.8, 4) is 11.5 Å². The maximum Gasteiger partial charge on any atom is 0.231 e. The van der Waals surface area contributed by atoms with Gasteiger partial charge in [0.05, 0.1) is 0 Å². The number of nitrogens with zero attached hydrogens (tertiary/aromatic N) is 1. The summed E-state index contributed by atoms with van der Waals surface area (Å²) in [4.78, 5) is 2.67. The highest BCUT2D eigenvalue weighted by molar-refractivity contribution is 9.10. The largest absolute Gasteiger partial charge is 0.454 e. The van der Waals surface area contributed by atoms with Crippen LogP contribution in [0.1, 0.15) is 31.2 Å². The first-order valence-corrected chi connectivity index (χ1v) is 8.57. The second-order valence-corrected chi connectivity index (χ2v) is 7.04. The van der Waals surface area contributed by atoms with E-state index in [1.807, 2.05) is 6.07 Å². The van der Waals surface area contributed by atoms with E-state index < -0.39 is 0 Å². The molecule has 21 heavy (non-hydrogen) atoms. The van der Waals surface area contributed by atoms with Crippen LogP contribution in [0.5, 0.6) is 11.5 Å². The van der Waals surface area contributed by atoms with Crippen LogP contribution in [-0.4, -0.2) is 30.3 Å². The first-order valence-electron chi connectivity index (χ1n) is 7.78. The Hall–Kier alpha value is -1.00. The Morgan fingerprint density at radius 1 is 1.19 bits per heavy atom. The number of fused-ring (bicyclic) bond motifs is 1. The van der Waals surface area contributed by atoms with Crippen molar-refractivity contribution in [1.82, 2.24) is 4.90 Å². The molecule has 1 aromatic carbocycles. The van der Waals surface area contributed by atoms with Crippen LogP contribution in [0.25, 0.3) is 0 Å². The first kappa shape index (κ1) is 13.6. The molecule has 3 aliphatic rings. The van der Waals surface area contributed by atoms with Gasteiger partial charge in [-0.2, -0.15) is 0 Å². The lowest BCUT2D eigenvalue weighted by molar-refractivity contribution is 0.174. The van der Waals surface area contributed by atoms with Crippen LogP contribution in [0.4, 0.5) is 0 Å². The zero-order chi connectivity index (χ0) is 14.3. The number of hydrogen-bond donors (Lipinski definition) is 0. The fraction of sp³-hybridized carbons (Fsp3) is 0.529. The van der Waals surface area contributed by atoms with E-state index in [4.69, 9.17) is 9.47 Å². The van der Waals surface area contributed by atoms with Gasteiger partial charge in [-0.25, -0.2) is 0 Å². The quantitative estimate of drug-likeness (QED) is 0.772. The van der Waals surface area contributed by atoms with Crippen molar-refractivity contribution in [2.24, 2.45) is 0 Å². The maximum absolute atomic E-state index is 5.49. The van der Waals surface area contributed by atoms with Crippen molar-refractivity contribution in [3.05, 3.63) is 34.3 Å². The van der Waals surface area contributed by atoms with Gasteiger partial charge in [0.2, 0.25) is 6.79 Å². The minimum absolute atomic E-state index is 0.339. The van der Waals surface area contributed by atoms with Crippen molar-refractivity contribution in [3.63, 3.8) is 0 Å². The number of halogens is 1. The summed E-state index contributed by atoms with van der Waals surface area (Å²) in [6.07, 6.45) is 11.0. The van der Waals surface area contributed by atoms with Crippen LogP contribution in [0.3, 0.4) is 0 Å². The van der Waals surface area contributed by atoms with Crippen molar-refractivity contribution in [2.45, 2.75) is 37.6 Å². The molecule has 112 valence electrons. The molecule has 0 amide bonds. The molecule has 2 heterocycles. The molecule has 1 aliphatic carbocycles. The number of allylic oxidation sites excluding steroid dienone is 1. The summed E-state index contributed by atoms with van der Waals surface area (Å²) < 4.78 is 12.0. The Morgan fingerprint density at radius 3 is 2.86 bits per heavy atom. The number of ether oxygens (including phenoxy) is 2. The highest BCUT2D eigenvalue weighted by Gasteiger charge is 2.39. The third-order valence-electron chi connectivity index (χ3n) is 5.03. The van der Waals surface area contributed by atoms with Crippen LogP contribution in [0.2, 0.25) is 0 Å². The lowest BCUT2D eigenvalue weighted by Gasteiger charge is -2.34. The molecule has 3 nitrogen and oxygen atoms in total. The monoisotopic (exact) mass is 349 g/mol. The smallest absolute Gasteiger partial charge is 0.231 e. The van der Waals surface area contributed by atoms with E-state index in [1.54, 1.807) is 0 Å². The van der Waals surface area contributed by atoms with E-state index in [2.05, 4.69) is 39.0 Å². The van der Waals surface area contributed by atoms with Crippen LogP contribution >= 0.6 is 15.9 Å². The minimum Gasteiger partial charge on any atom is -0.454 e. The fourth-order valence-corrected chi connectivity index (χ4v) is 4.41. The van der Waals surface area contributed by atoms with Crippen LogP contribution < -0.4 is 9.47 Å². The summed E-state index contributed by atoms with van der Waals surface area (Å²) in [5.41, 5.74) is 1.67. The van der Waals surface area contributed by atoms with E-state index in [0.29, 0.717) is 12.3 Å². The molecule has 0 bridgehead atoms.